The summed E-state index contributed by atoms with van der Waals surface area (Å²) < 4.78 is 49.4. The van der Waals surface area contributed by atoms with Gasteiger partial charge in [-0.15, -0.1) is 0 Å². The molecule has 6 heteroatoms. The van der Waals surface area contributed by atoms with Crippen LogP contribution in [-0.2, 0) is 0 Å². The van der Waals surface area contributed by atoms with Crippen molar-refractivity contribution < 1.29 is 22.7 Å². The summed E-state index contributed by atoms with van der Waals surface area (Å²) in [6.45, 7) is 0. The lowest BCUT2D eigenvalue weighted by molar-refractivity contribution is -0.154. The molecular weight excluding hydrogens is 226 g/mol. The fraction of sp³-hybridized carbons (Fsp3) is 0.400. The first-order chi connectivity index (χ1) is 7.32. The Morgan fingerprint density at radius 3 is 2.31 bits per heavy atom. The lowest BCUT2D eigenvalue weighted by atomic mass is 10.0. The van der Waals surface area contributed by atoms with Crippen LogP contribution in [0.3, 0.4) is 0 Å². The van der Waals surface area contributed by atoms with Gasteiger partial charge in [0.2, 0.25) is 0 Å². The Bertz CT molecular complexity index is 353. The predicted molar refractivity (Wildman–Crippen MR) is 50.0 cm³/mol. The smallest absolute Gasteiger partial charge is 0.388 e. The largest absolute Gasteiger partial charge is 0.403 e. The Morgan fingerprint density at radius 1 is 1.25 bits per heavy atom. The molecule has 0 unspecified atom stereocenters. The minimum absolute atomic E-state index is 0.179. The molecule has 0 fully saturated rings. The van der Waals surface area contributed by atoms with Crippen molar-refractivity contribution in [3.63, 3.8) is 0 Å². The van der Waals surface area contributed by atoms with Crippen LogP contribution in [0.5, 0.6) is 0 Å². The van der Waals surface area contributed by atoms with Crippen LogP contribution < -0.4 is 5.73 Å². The van der Waals surface area contributed by atoms with Crippen molar-refractivity contribution in [1.82, 2.24) is 0 Å². The monoisotopic (exact) mass is 237 g/mol. The van der Waals surface area contributed by atoms with E-state index in [-0.39, 0.29) is 5.56 Å². The van der Waals surface area contributed by atoms with E-state index in [9.17, 15) is 22.7 Å². The van der Waals surface area contributed by atoms with E-state index in [1.54, 1.807) is 0 Å². The summed E-state index contributed by atoms with van der Waals surface area (Å²) in [5.74, 6) is -0.746. The molecule has 0 spiro atoms. The first-order valence-electron chi connectivity index (χ1n) is 4.57. The van der Waals surface area contributed by atoms with Gasteiger partial charge in [0.15, 0.2) is 0 Å². The minimum Gasteiger partial charge on any atom is -0.388 e. The van der Waals surface area contributed by atoms with Gasteiger partial charge in [-0.3, -0.25) is 0 Å². The van der Waals surface area contributed by atoms with Crippen molar-refractivity contribution in [2.75, 3.05) is 0 Å². The molecule has 0 aliphatic rings. The van der Waals surface area contributed by atoms with Crippen LogP contribution in [-0.4, -0.2) is 17.3 Å². The third-order valence-corrected chi connectivity index (χ3v) is 2.16. The molecule has 1 aromatic rings. The van der Waals surface area contributed by atoms with E-state index in [4.69, 9.17) is 5.73 Å². The van der Waals surface area contributed by atoms with Crippen LogP contribution in [0.4, 0.5) is 17.6 Å². The molecule has 1 rings (SSSR count). The summed E-state index contributed by atoms with van der Waals surface area (Å²) in [5, 5.41) is 9.42. The standard InChI is InChI=1S/C10H11F4NO/c11-7-4-2-1-3-6(7)8(16)5-9(15)10(12,13)14/h1-4,8-9,16H,5,15H2/t8-,9-/m1/s1. The zero-order valence-corrected chi connectivity index (χ0v) is 8.21. The Kier molecular flexibility index (Phi) is 3.88. The van der Waals surface area contributed by atoms with Crippen LogP contribution >= 0.6 is 0 Å². The molecule has 0 radical (unpaired) electrons. The third kappa shape index (κ3) is 3.18. The molecule has 1 aromatic carbocycles. The molecular formula is C10H11F4NO. The summed E-state index contributed by atoms with van der Waals surface area (Å²) >= 11 is 0. The number of alkyl halides is 3. The van der Waals surface area contributed by atoms with Crippen molar-refractivity contribution in [2.45, 2.75) is 24.7 Å². The van der Waals surface area contributed by atoms with Crippen molar-refractivity contribution in [3.8, 4) is 0 Å². The molecule has 0 amide bonds. The highest BCUT2D eigenvalue weighted by atomic mass is 19.4. The van der Waals surface area contributed by atoms with Gasteiger partial charge < -0.3 is 10.8 Å². The second-order valence-electron chi connectivity index (χ2n) is 3.42. The van der Waals surface area contributed by atoms with Gasteiger partial charge in [-0.05, 0) is 6.07 Å². The second-order valence-corrected chi connectivity index (χ2v) is 3.42. The SMILES string of the molecule is N[C@H](C[C@@H](O)c1ccccc1F)C(F)(F)F. The van der Waals surface area contributed by atoms with Gasteiger partial charge in [0, 0.05) is 12.0 Å². The quantitative estimate of drug-likeness (QED) is 0.791. The summed E-state index contributed by atoms with van der Waals surface area (Å²) in [5.41, 5.74) is 4.65. The lowest BCUT2D eigenvalue weighted by Crippen LogP contribution is -2.38. The van der Waals surface area contributed by atoms with E-state index in [0.29, 0.717) is 0 Å². The van der Waals surface area contributed by atoms with Gasteiger partial charge in [-0.1, -0.05) is 18.2 Å². The van der Waals surface area contributed by atoms with E-state index in [0.717, 1.165) is 6.07 Å². The second kappa shape index (κ2) is 4.80. The molecule has 2 nitrogen and oxygen atoms in total. The van der Waals surface area contributed by atoms with E-state index < -0.39 is 30.6 Å². The highest BCUT2D eigenvalue weighted by molar-refractivity contribution is 5.19. The van der Waals surface area contributed by atoms with E-state index in [1.165, 1.54) is 18.2 Å². The molecule has 90 valence electrons. The van der Waals surface area contributed by atoms with E-state index >= 15 is 0 Å². The van der Waals surface area contributed by atoms with Crippen molar-refractivity contribution in [1.29, 1.82) is 0 Å². The number of hydrogen-bond acceptors (Lipinski definition) is 2. The number of nitrogens with two attached hydrogens (primary N) is 1. The first kappa shape index (κ1) is 12.9. The average Bonchev–Trinajstić information content (AvgIpc) is 2.16. The summed E-state index contributed by atoms with van der Waals surface area (Å²) in [4.78, 5) is 0. The maximum atomic E-state index is 13.1. The van der Waals surface area contributed by atoms with Crippen LogP contribution in [0.25, 0.3) is 0 Å². The maximum absolute atomic E-state index is 13.1. The number of benzene rings is 1. The highest BCUT2D eigenvalue weighted by Crippen LogP contribution is 2.27. The van der Waals surface area contributed by atoms with Gasteiger partial charge in [-0.2, -0.15) is 13.2 Å². The minimum atomic E-state index is -4.59. The molecule has 2 atom stereocenters. The zero-order valence-electron chi connectivity index (χ0n) is 8.21. The maximum Gasteiger partial charge on any atom is 0.403 e. The molecule has 0 bridgehead atoms. The Labute approximate surface area is 89.7 Å². The van der Waals surface area contributed by atoms with Crippen molar-refractivity contribution >= 4 is 0 Å². The number of aliphatic hydroxyl groups excluding tert-OH is 1. The average molecular weight is 237 g/mol. The number of halogens is 4. The molecule has 0 heterocycles. The molecule has 16 heavy (non-hydrogen) atoms. The van der Waals surface area contributed by atoms with Crippen molar-refractivity contribution in [2.24, 2.45) is 5.73 Å². The lowest BCUT2D eigenvalue weighted by Gasteiger charge is -2.19. The zero-order chi connectivity index (χ0) is 12.3. The topological polar surface area (TPSA) is 46.2 Å². The van der Waals surface area contributed by atoms with Crippen molar-refractivity contribution in [3.05, 3.63) is 35.6 Å². The van der Waals surface area contributed by atoms with E-state index in [1.807, 2.05) is 0 Å². The van der Waals surface area contributed by atoms with Gasteiger partial charge in [0.1, 0.15) is 11.9 Å². The summed E-state index contributed by atoms with van der Waals surface area (Å²) in [7, 11) is 0. The summed E-state index contributed by atoms with van der Waals surface area (Å²) in [6, 6.07) is 2.94. The number of hydrogen-bond donors (Lipinski definition) is 2. The van der Waals surface area contributed by atoms with Gasteiger partial charge in [0.25, 0.3) is 0 Å². The molecule has 0 aromatic heterocycles. The van der Waals surface area contributed by atoms with Gasteiger partial charge >= 0.3 is 6.18 Å². The third-order valence-electron chi connectivity index (χ3n) is 2.16. The first-order valence-corrected chi connectivity index (χ1v) is 4.57. The Morgan fingerprint density at radius 2 is 1.81 bits per heavy atom. The fourth-order valence-electron chi connectivity index (χ4n) is 1.25. The van der Waals surface area contributed by atoms with Crippen LogP contribution in [0.2, 0.25) is 0 Å². The van der Waals surface area contributed by atoms with Crippen LogP contribution in [0.15, 0.2) is 24.3 Å². The number of aliphatic hydroxyl groups is 1. The Balaban J connectivity index is 2.73. The summed E-state index contributed by atoms with van der Waals surface area (Å²) in [6.07, 6.45) is -6.91. The van der Waals surface area contributed by atoms with E-state index in [2.05, 4.69) is 0 Å². The normalized spacial score (nSPS) is 15.9. The van der Waals surface area contributed by atoms with Crippen LogP contribution in [0, 0.1) is 5.82 Å². The van der Waals surface area contributed by atoms with Gasteiger partial charge in [0.05, 0.1) is 6.10 Å². The predicted octanol–water partition coefficient (Wildman–Crippen LogP) is 2.14. The molecule has 0 aliphatic heterocycles. The van der Waals surface area contributed by atoms with Crippen LogP contribution in [0.1, 0.15) is 18.1 Å². The Hall–Kier alpha value is -1.14. The fourth-order valence-corrected chi connectivity index (χ4v) is 1.25. The molecule has 0 saturated carbocycles. The molecule has 0 saturated heterocycles. The number of rotatable bonds is 3. The highest BCUT2D eigenvalue weighted by Gasteiger charge is 2.38. The molecule has 3 N–H and O–H groups in total. The van der Waals surface area contributed by atoms with Gasteiger partial charge in [-0.25, -0.2) is 4.39 Å². The molecule has 0 aliphatic carbocycles.